The number of benzene rings is 1. The van der Waals surface area contributed by atoms with Crippen molar-refractivity contribution in [2.75, 3.05) is 6.54 Å². The van der Waals surface area contributed by atoms with E-state index in [2.05, 4.69) is 0 Å². The summed E-state index contributed by atoms with van der Waals surface area (Å²) in [5.74, 6) is 0. The van der Waals surface area contributed by atoms with Crippen LogP contribution in [0.3, 0.4) is 0 Å². The molecule has 2 rings (SSSR count). The molecule has 1 saturated heterocycles. The molecule has 4 heteroatoms. The van der Waals surface area contributed by atoms with Crippen LogP contribution in [0.25, 0.3) is 0 Å². The van der Waals surface area contributed by atoms with E-state index in [0.29, 0.717) is 11.4 Å². The van der Waals surface area contributed by atoms with Crippen molar-refractivity contribution >= 4 is 10.0 Å². The van der Waals surface area contributed by atoms with Crippen LogP contribution in [0.15, 0.2) is 35.2 Å². The SMILES string of the molecule is CC1CN1S(=O)(=O)c1ccccc1. The first-order chi connectivity index (χ1) is 6.12. The summed E-state index contributed by atoms with van der Waals surface area (Å²) in [6.45, 7) is 2.55. The van der Waals surface area contributed by atoms with Crippen LogP contribution in [0.4, 0.5) is 0 Å². The molecule has 0 saturated carbocycles. The first-order valence-corrected chi connectivity index (χ1v) is 5.63. The van der Waals surface area contributed by atoms with Gasteiger partial charge in [-0.25, -0.2) is 8.42 Å². The van der Waals surface area contributed by atoms with Crippen molar-refractivity contribution in [2.45, 2.75) is 17.9 Å². The highest BCUT2D eigenvalue weighted by Crippen LogP contribution is 2.27. The Morgan fingerprint density at radius 2 is 1.85 bits per heavy atom. The van der Waals surface area contributed by atoms with E-state index in [1.807, 2.05) is 13.0 Å². The molecule has 0 amide bonds. The fraction of sp³-hybridized carbons (Fsp3) is 0.333. The van der Waals surface area contributed by atoms with Gasteiger partial charge in [0.05, 0.1) is 4.90 Å². The number of sulfonamides is 1. The lowest BCUT2D eigenvalue weighted by Gasteiger charge is -2.03. The number of hydrogen-bond donors (Lipinski definition) is 0. The molecule has 70 valence electrons. The Morgan fingerprint density at radius 3 is 2.31 bits per heavy atom. The molecule has 1 heterocycles. The highest BCUT2D eigenvalue weighted by Gasteiger charge is 2.40. The molecule has 2 unspecified atom stereocenters. The Balaban J connectivity index is 2.36. The van der Waals surface area contributed by atoms with E-state index in [-0.39, 0.29) is 6.04 Å². The maximum absolute atomic E-state index is 11.7. The summed E-state index contributed by atoms with van der Waals surface area (Å²) in [6, 6.07) is 8.71. The van der Waals surface area contributed by atoms with E-state index in [1.165, 1.54) is 4.31 Å². The molecular formula is C9H11NO2S. The van der Waals surface area contributed by atoms with Crippen molar-refractivity contribution in [1.29, 1.82) is 0 Å². The van der Waals surface area contributed by atoms with E-state index in [0.717, 1.165) is 0 Å². The molecule has 2 atom stereocenters. The second-order valence-electron chi connectivity index (χ2n) is 3.24. The van der Waals surface area contributed by atoms with Crippen LogP contribution in [0.2, 0.25) is 0 Å². The average Bonchev–Trinajstić information content (AvgIpc) is 2.85. The van der Waals surface area contributed by atoms with Crippen molar-refractivity contribution in [3.05, 3.63) is 30.3 Å². The van der Waals surface area contributed by atoms with Crippen molar-refractivity contribution < 1.29 is 8.42 Å². The Bertz CT molecular complexity index is 399. The van der Waals surface area contributed by atoms with Gasteiger partial charge in [-0.3, -0.25) is 0 Å². The van der Waals surface area contributed by atoms with Crippen LogP contribution in [0.5, 0.6) is 0 Å². The van der Waals surface area contributed by atoms with E-state index in [9.17, 15) is 8.42 Å². The lowest BCUT2D eigenvalue weighted by atomic mass is 10.4. The minimum absolute atomic E-state index is 0.171. The van der Waals surface area contributed by atoms with Crippen LogP contribution >= 0.6 is 0 Å². The van der Waals surface area contributed by atoms with E-state index >= 15 is 0 Å². The van der Waals surface area contributed by atoms with Gasteiger partial charge in [0.2, 0.25) is 10.0 Å². The fourth-order valence-electron chi connectivity index (χ4n) is 1.28. The molecule has 1 aliphatic heterocycles. The van der Waals surface area contributed by atoms with Gasteiger partial charge in [0.1, 0.15) is 0 Å². The lowest BCUT2D eigenvalue weighted by Crippen LogP contribution is -2.13. The van der Waals surface area contributed by atoms with Gasteiger partial charge in [-0.05, 0) is 19.1 Å². The lowest BCUT2D eigenvalue weighted by molar-refractivity contribution is 0.555. The molecule has 0 aliphatic carbocycles. The van der Waals surface area contributed by atoms with Crippen LogP contribution in [0, 0.1) is 0 Å². The number of nitrogens with zero attached hydrogens (tertiary/aromatic N) is 1. The first kappa shape index (κ1) is 8.72. The smallest absolute Gasteiger partial charge is 0.207 e. The van der Waals surface area contributed by atoms with Crippen LogP contribution in [-0.2, 0) is 10.0 Å². The standard InChI is InChI=1S/C9H11NO2S/c1-8-7-10(8)13(11,12)9-5-3-2-4-6-9/h2-6,8H,7H2,1H3. The molecule has 1 aliphatic rings. The van der Waals surface area contributed by atoms with E-state index in [1.54, 1.807) is 24.3 Å². The minimum atomic E-state index is -3.18. The second-order valence-corrected chi connectivity index (χ2v) is 5.13. The first-order valence-electron chi connectivity index (χ1n) is 4.19. The van der Waals surface area contributed by atoms with Crippen molar-refractivity contribution in [3.8, 4) is 0 Å². The predicted octanol–water partition coefficient (Wildman–Crippen LogP) is 1.08. The summed E-state index contributed by atoms with van der Waals surface area (Å²) in [6.07, 6.45) is 0. The van der Waals surface area contributed by atoms with Crippen molar-refractivity contribution in [3.63, 3.8) is 0 Å². The monoisotopic (exact) mass is 197 g/mol. The van der Waals surface area contributed by atoms with Gasteiger partial charge >= 0.3 is 0 Å². The predicted molar refractivity (Wildman–Crippen MR) is 49.8 cm³/mol. The molecule has 1 aromatic carbocycles. The summed E-state index contributed by atoms with van der Waals surface area (Å²) in [7, 11) is -3.18. The van der Waals surface area contributed by atoms with Crippen molar-refractivity contribution in [1.82, 2.24) is 4.31 Å². The summed E-state index contributed by atoms with van der Waals surface area (Å²) in [5, 5.41) is 0. The Morgan fingerprint density at radius 1 is 1.31 bits per heavy atom. The molecule has 1 aromatic rings. The maximum atomic E-state index is 11.7. The van der Waals surface area contributed by atoms with Gasteiger partial charge in [-0.1, -0.05) is 18.2 Å². The van der Waals surface area contributed by atoms with Gasteiger partial charge < -0.3 is 0 Å². The maximum Gasteiger partial charge on any atom is 0.243 e. The van der Waals surface area contributed by atoms with Crippen LogP contribution in [-0.4, -0.2) is 25.3 Å². The molecule has 0 N–H and O–H groups in total. The highest BCUT2D eigenvalue weighted by atomic mass is 32.2. The molecule has 0 radical (unpaired) electrons. The van der Waals surface area contributed by atoms with Crippen molar-refractivity contribution in [2.24, 2.45) is 0 Å². The summed E-state index contributed by atoms with van der Waals surface area (Å²) >= 11 is 0. The Labute approximate surface area is 78.0 Å². The molecule has 0 bridgehead atoms. The summed E-state index contributed by atoms with van der Waals surface area (Å²) in [5.41, 5.74) is 0. The molecule has 13 heavy (non-hydrogen) atoms. The molecular weight excluding hydrogens is 186 g/mol. The van der Waals surface area contributed by atoms with Gasteiger partial charge in [-0.15, -0.1) is 0 Å². The number of hydrogen-bond acceptors (Lipinski definition) is 2. The summed E-state index contributed by atoms with van der Waals surface area (Å²) < 4.78 is 25.0. The quantitative estimate of drug-likeness (QED) is 0.665. The zero-order valence-electron chi connectivity index (χ0n) is 7.34. The largest absolute Gasteiger partial charge is 0.243 e. The highest BCUT2D eigenvalue weighted by molar-refractivity contribution is 7.89. The Hall–Kier alpha value is -0.870. The zero-order chi connectivity index (χ0) is 9.47. The van der Waals surface area contributed by atoms with Crippen LogP contribution < -0.4 is 0 Å². The van der Waals surface area contributed by atoms with Gasteiger partial charge in [0, 0.05) is 12.6 Å². The van der Waals surface area contributed by atoms with E-state index < -0.39 is 10.0 Å². The third-order valence-corrected chi connectivity index (χ3v) is 4.15. The van der Waals surface area contributed by atoms with Gasteiger partial charge in [-0.2, -0.15) is 4.31 Å². The topological polar surface area (TPSA) is 37.1 Å². The van der Waals surface area contributed by atoms with E-state index in [4.69, 9.17) is 0 Å². The Kier molecular flexibility index (Phi) is 1.89. The fourth-order valence-corrected chi connectivity index (χ4v) is 2.93. The van der Waals surface area contributed by atoms with Crippen LogP contribution in [0.1, 0.15) is 6.92 Å². The molecule has 0 spiro atoms. The normalized spacial score (nSPS) is 27.2. The second kappa shape index (κ2) is 2.82. The van der Waals surface area contributed by atoms with Gasteiger partial charge in [0.15, 0.2) is 0 Å². The minimum Gasteiger partial charge on any atom is -0.207 e. The summed E-state index contributed by atoms with van der Waals surface area (Å²) in [4.78, 5) is 0.388. The zero-order valence-corrected chi connectivity index (χ0v) is 8.16. The molecule has 1 fully saturated rings. The third-order valence-electron chi connectivity index (χ3n) is 2.15. The average molecular weight is 197 g/mol. The number of rotatable bonds is 2. The molecule has 0 aromatic heterocycles. The molecule has 3 nitrogen and oxygen atoms in total. The third kappa shape index (κ3) is 1.47. The van der Waals surface area contributed by atoms with Gasteiger partial charge in [0.25, 0.3) is 0 Å².